The lowest BCUT2D eigenvalue weighted by Crippen LogP contribution is -2.03. The normalized spacial score (nSPS) is 8.80. The number of nitrogens with zero attached hydrogens (tertiary/aromatic N) is 2. The van der Waals surface area contributed by atoms with Crippen LogP contribution >= 0.6 is 0 Å². The van der Waals surface area contributed by atoms with E-state index >= 15 is 0 Å². The van der Waals surface area contributed by atoms with Crippen LogP contribution in [0.1, 0.15) is 5.56 Å². The summed E-state index contributed by atoms with van der Waals surface area (Å²) in [4.78, 5) is 0. The number of aryl methyl sites for hydroxylation is 1. The number of nitrogens with one attached hydrogen (secondary N) is 1. The second kappa shape index (κ2) is 2.92. The molecule has 1 N–H and O–H groups in total. The number of rotatable bonds is 2. The Kier molecular flexibility index (Phi) is 1.96. The van der Waals surface area contributed by atoms with E-state index in [-0.39, 0.29) is 0 Å². The Bertz CT molecular complexity index is 244. The molecule has 0 radical (unpaired) electrons. The van der Waals surface area contributed by atoms with Crippen LogP contribution in [-0.2, 0) is 13.6 Å². The van der Waals surface area contributed by atoms with Crippen LogP contribution in [0.5, 0.6) is 0 Å². The zero-order valence-electron chi connectivity index (χ0n) is 5.83. The summed E-state index contributed by atoms with van der Waals surface area (Å²) in [6.45, 7) is 0.622. The van der Waals surface area contributed by atoms with Crippen molar-refractivity contribution in [2.24, 2.45) is 7.05 Å². The van der Waals surface area contributed by atoms with Crippen LogP contribution in [0, 0.1) is 11.5 Å². The van der Waals surface area contributed by atoms with Crippen molar-refractivity contribution in [2.45, 2.75) is 6.54 Å². The highest BCUT2D eigenvalue weighted by molar-refractivity contribution is 5.09. The van der Waals surface area contributed by atoms with Crippen molar-refractivity contribution in [3.05, 3.63) is 24.0 Å². The molecule has 1 aromatic rings. The SMILES string of the molecule is Cn1ccc(CNC#N)c1. The maximum absolute atomic E-state index is 8.17. The van der Waals surface area contributed by atoms with Gasteiger partial charge in [-0.25, -0.2) is 0 Å². The Labute approximate surface area is 59.9 Å². The van der Waals surface area contributed by atoms with Crippen molar-refractivity contribution in [1.29, 1.82) is 5.26 Å². The predicted octanol–water partition coefficient (Wildman–Crippen LogP) is 0.596. The van der Waals surface area contributed by atoms with Gasteiger partial charge in [-0.1, -0.05) is 0 Å². The molecule has 0 aliphatic heterocycles. The maximum Gasteiger partial charge on any atom is 0.176 e. The highest BCUT2D eigenvalue weighted by Crippen LogP contribution is 1.97. The third-order valence-electron chi connectivity index (χ3n) is 1.26. The van der Waals surface area contributed by atoms with Gasteiger partial charge in [0.1, 0.15) is 0 Å². The van der Waals surface area contributed by atoms with Gasteiger partial charge in [-0.15, -0.1) is 0 Å². The second-order valence-corrected chi connectivity index (χ2v) is 2.15. The molecule has 1 aromatic heterocycles. The van der Waals surface area contributed by atoms with Gasteiger partial charge in [-0.05, 0) is 11.6 Å². The molecule has 1 heterocycles. The van der Waals surface area contributed by atoms with Crippen LogP contribution in [0.15, 0.2) is 18.5 Å². The molecule has 0 saturated carbocycles. The van der Waals surface area contributed by atoms with Crippen molar-refractivity contribution in [3.63, 3.8) is 0 Å². The van der Waals surface area contributed by atoms with E-state index in [0.29, 0.717) is 6.54 Å². The average Bonchev–Trinajstić information content (AvgIpc) is 2.31. The van der Waals surface area contributed by atoms with Crippen LogP contribution < -0.4 is 5.32 Å². The molecule has 0 fully saturated rings. The summed E-state index contributed by atoms with van der Waals surface area (Å²) in [6.07, 6.45) is 5.80. The van der Waals surface area contributed by atoms with E-state index in [9.17, 15) is 0 Å². The average molecular weight is 135 g/mol. The molecule has 3 heteroatoms. The lowest BCUT2D eigenvalue weighted by atomic mass is 10.3. The molecular weight excluding hydrogens is 126 g/mol. The quantitative estimate of drug-likeness (QED) is 0.476. The van der Waals surface area contributed by atoms with Gasteiger partial charge >= 0.3 is 0 Å². The Morgan fingerprint density at radius 1 is 1.80 bits per heavy atom. The highest BCUT2D eigenvalue weighted by atomic mass is 14.9. The van der Waals surface area contributed by atoms with E-state index in [0.717, 1.165) is 5.56 Å². The highest BCUT2D eigenvalue weighted by Gasteiger charge is 1.90. The molecule has 0 unspecified atom stereocenters. The Balaban J connectivity index is 2.52. The van der Waals surface area contributed by atoms with Gasteiger partial charge in [-0.3, -0.25) is 0 Å². The van der Waals surface area contributed by atoms with Crippen molar-refractivity contribution in [2.75, 3.05) is 0 Å². The van der Waals surface area contributed by atoms with Gasteiger partial charge in [0.2, 0.25) is 0 Å². The minimum atomic E-state index is 0.622. The van der Waals surface area contributed by atoms with Crippen LogP contribution in [0.3, 0.4) is 0 Å². The van der Waals surface area contributed by atoms with E-state index < -0.39 is 0 Å². The molecule has 0 spiro atoms. The lowest BCUT2D eigenvalue weighted by Gasteiger charge is -1.90. The van der Waals surface area contributed by atoms with Gasteiger partial charge in [0.25, 0.3) is 0 Å². The van der Waals surface area contributed by atoms with Crippen molar-refractivity contribution in [1.82, 2.24) is 9.88 Å². The predicted molar refractivity (Wildman–Crippen MR) is 37.9 cm³/mol. The monoisotopic (exact) mass is 135 g/mol. The summed E-state index contributed by atoms with van der Waals surface area (Å²) in [6, 6.07) is 1.98. The summed E-state index contributed by atoms with van der Waals surface area (Å²) in [7, 11) is 1.95. The molecule has 10 heavy (non-hydrogen) atoms. The number of hydrogen-bond acceptors (Lipinski definition) is 2. The summed E-state index contributed by atoms with van der Waals surface area (Å²) < 4.78 is 1.95. The first-order valence-electron chi connectivity index (χ1n) is 3.06. The van der Waals surface area contributed by atoms with E-state index in [2.05, 4.69) is 5.32 Å². The minimum absolute atomic E-state index is 0.622. The first-order chi connectivity index (χ1) is 4.83. The van der Waals surface area contributed by atoms with Gasteiger partial charge < -0.3 is 9.88 Å². The summed E-state index contributed by atoms with van der Waals surface area (Å²) >= 11 is 0. The molecule has 0 atom stereocenters. The van der Waals surface area contributed by atoms with Crippen LogP contribution in [-0.4, -0.2) is 4.57 Å². The summed E-state index contributed by atoms with van der Waals surface area (Å²) in [5.41, 5.74) is 1.13. The first kappa shape index (κ1) is 6.69. The maximum atomic E-state index is 8.17. The molecule has 0 aliphatic rings. The molecule has 0 amide bonds. The fraction of sp³-hybridized carbons (Fsp3) is 0.286. The molecule has 0 bridgehead atoms. The zero-order chi connectivity index (χ0) is 7.40. The number of hydrogen-bond donors (Lipinski definition) is 1. The summed E-state index contributed by atoms with van der Waals surface area (Å²) in [5.74, 6) is 0. The number of nitriles is 1. The van der Waals surface area contributed by atoms with E-state index in [1.165, 1.54) is 0 Å². The van der Waals surface area contributed by atoms with Gasteiger partial charge in [0, 0.05) is 19.4 Å². The topological polar surface area (TPSA) is 40.8 Å². The van der Waals surface area contributed by atoms with Gasteiger partial charge in [0.05, 0.1) is 6.54 Å². The molecule has 1 rings (SSSR count). The van der Waals surface area contributed by atoms with E-state index in [1.807, 2.05) is 36.3 Å². The largest absolute Gasteiger partial charge is 0.357 e. The lowest BCUT2D eigenvalue weighted by molar-refractivity contribution is 0.866. The minimum Gasteiger partial charge on any atom is -0.357 e. The second-order valence-electron chi connectivity index (χ2n) is 2.15. The van der Waals surface area contributed by atoms with Gasteiger partial charge in [-0.2, -0.15) is 5.26 Å². The van der Waals surface area contributed by atoms with Gasteiger partial charge in [0.15, 0.2) is 6.19 Å². The van der Waals surface area contributed by atoms with Crippen molar-refractivity contribution < 1.29 is 0 Å². The van der Waals surface area contributed by atoms with Crippen LogP contribution in [0.25, 0.3) is 0 Å². The van der Waals surface area contributed by atoms with Crippen molar-refractivity contribution in [3.8, 4) is 6.19 Å². The fourth-order valence-corrected chi connectivity index (χ4v) is 0.807. The van der Waals surface area contributed by atoms with E-state index in [4.69, 9.17) is 5.26 Å². The third-order valence-corrected chi connectivity index (χ3v) is 1.26. The van der Waals surface area contributed by atoms with Crippen LogP contribution in [0.2, 0.25) is 0 Å². The smallest absolute Gasteiger partial charge is 0.176 e. The molecule has 3 nitrogen and oxygen atoms in total. The fourth-order valence-electron chi connectivity index (χ4n) is 0.807. The standard InChI is InChI=1S/C7H9N3/c1-10-3-2-7(5-10)4-9-6-8/h2-3,5,9H,4H2,1H3. The molecule has 0 aromatic carbocycles. The molecule has 0 saturated heterocycles. The Morgan fingerprint density at radius 3 is 3.10 bits per heavy atom. The summed E-state index contributed by atoms with van der Waals surface area (Å²) in [5, 5.41) is 10.7. The number of aromatic nitrogens is 1. The Morgan fingerprint density at radius 2 is 2.60 bits per heavy atom. The van der Waals surface area contributed by atoms with Crippen molar-refractivity contribution >= 4 is 0 Å². The zero-order valence-corrected chi connectivity index (χ0v) is 5.83. The molecular formula is C7H9N3. The third kappa shape index (κ3) is 1.52. The van der Waals surface area contributed by atoms with Crippen LogP contribution in [0.4, 0.5) is 0 Å². The molecule has 52 valence electrons. The first-order valence-corrected chi connectivity index (χ1v) is 3.06. The Hall–Kier alpha value is -1.43. The van der Waals surface area contributed by atoms with E-state index in [1.54, 1.807) is 0 Å². The molecule has 0 aliphatic carbocycles.